The molecule has 134 valence electrons. The molecule has 25 heavy (non-hydrogen) atoms. The Balaban J connectivity index is 2.01. The summed E-state index contributed by atoms with van der Waals surface area (Å²) in [5.41, 5.74) is 2.09. The largest absolute Gasteiger partial charge is 0.507 e. The molecule has 0 spiro atoms. The molecule has 2 aliphatic heterocycles. The van der Waals surface area contributed by atoms with Gasteiger partial charge in [-0.2, -0.15) is 0 Å². The third-order valence-electron chi connectivity index (χ3n) is 4.90. The number of rotatable bonds is 2. The summed E-state index contributed by atoms with van der Waals surface area (Å²) in [7, 11) is 1.96. The summed E-state index contributed by atoms with van der Waals surface area (Å²) in [6.45, 7) is 2.01. The molecule has 2 N–H and O–H groups in total. The average molecular weight is 347 g/mol. The molecule has 0 aliphatic carbocycles. The van der Waals surface area contributed by atoms with Gasteiger partial charge in [0.25, 0.3) is 0 Å². The van der Waals surface area contributed by atoms with Gasteiger partial charge in [0, 0.05) is 24.0 Å². The van der Waals surface area contributed by atoms with E-state index in [-0.39, 0.29) is 17.9 Å². The van der Waals surface area contributed by atoms with E-state index in [1.165, 1.54) is 0 Å². The van der Waals surface area contributed by atoms with Crippen LogP contribution in [0.15, 0.2) is 15.3 Å². The Morgan fingerprint density at radius 1 is 1.28 bits per heavy atom. The molecule has 0 bridgehead atoms. The highest BCUT2D eigenvalue weighted by Crippen LogP contribution is 2.40. The molecule has 0 amide bonds. The molecular formula is C18H21NO6. The fourth-order valence-electron chi connectivity index (χ4n) is 3.60. The SMILES string of the molecule is CN1CCc2c(c(=O)oc3c(C4OCCCO4)c(O)c(CO)cc23)C1. The molecule has 2 aliphatic rings. The fourth-order valence-corrected chi connectivity index (χ4v) is 3.60. The van der Waals surface area contributed by atoms with Crippen LogP contribution in [0.5, 0.6) is 5.75 Å². The maximum atomic E-state index is 12.5. The molecule has 0 radical (unpaired) electrons. The van der Waals surface area contributed by atoms with Gasteiger partial charge >= 0.3 is 5.63 Å². The molecule has 7 nitrogen and oxygen atoms in total. The minimum absolute atomic E-state index is 0.141. The van der Waals surface area contributed by atoms with Gasteiger partial charge in [-0.15, -0.1) is 0 Å². The lowest BCUT2D eigenvalue weighted by Crippen LogP contribution is -2.31. The van der Waals surface area contributed by atoms with Crippen LogP contribution in [0.3, 0.4) is 0 Å². The first-order chi connectivity index (χ1) is 12.1. The molecule has 1 fully saturated rings. The minimum Gasteiger partial charge on any atom is -0.507 e. The molecule has 1 saturated heterocycles. The van der Waals surface area contributed by atoms with E-state index in [0.717, 1.165) is 23.9 Å². The first kappa shape index (κ1) is 16.5. The smallest absolute Gasteiger partial charge is 0.341 e. The molecule has 1 aromatic heterocycles. The van der Waals surface area contributed by atoms with Crippen molar-refractivity contribution in [2.24, 2.45) is 0 Å². The lowest BCUT2D eigenvalue weighted by molar-refractivity contribution is -0.183. The fraction of sp³-hybridized carbons (Fsp3) is 0.500. The van der Waals surface area contributed by atoms with Crippen molar-refractivity contribution in [1.82, 2.24) is 4.90 Å². The maximum absolute atomic E-state index is 12.5. The number of ether oxygens (including phenoxy) is 2. The number of hydrogen-bond acceptors (Lipinski definition) is 7. The molecule has 2 aromatic rings. The molecule has 7 heteroatoms. The van der Waals surface area contributed by atoms with Crippen LogP contribution in [0.25, 0.3) is 11.0 Å². The number of hydrogen-bond donors (Lipinski definition) is 2. The van der Waals surface area contributed by atoms with Crippen molar-refractivity contribution in [3.63, 3.8) is 0 Å². The van der Waals surface area contributed by atoms with Crippen molar-refractivity contribution < 1.29 is 24.1 Å². The number of phenols is 1. The molecule has 0 atom stereocenters. The Morgan fingerprint density at radius 2 is 2.04 bits per heavy atom. The topological polar surface area (TPSA) is 92.4 Å². The molecule has 0 saturated carbocycles. The Hall–Kier alpha value is -1.93. The van der Waals surface area contributed by atoms with Crippen molar-refractivity contribution in [3.8, 4) is 5.75 Å². The summed E-state index contributed by atoms with van der Waals surface area (Å²) >= 11 is 0. The third-order valence-corrected chi connectivity index (χ3v) is 4.90. The first-order valence-corrected chi connectivity index (χ1v) is 8.46. The average Bonchev–Trinajstić information content (AvgIpc) is 2.62. The second kappa shape index (κ2) is 6.42. The Kier molecular flexibility index (Phi) is 4.24. The number of aliphatic hydroxyl groups excluding tert-OH is 1. The molecule has 1 aromatic carbocycles. The van der Waals surface area contributed by atoms with Crippen molar-refractivity contribution in [2.75, 3.05) is 26.8 Å². The van der Waals surface area contributed by atoms with Crippen LogP contribution < -0.4 is 5.63 Å². The molecule has 3 heterocycles. The zero-order valence-corrected chi connectivity index (χ0v) is 14.1. The number of aromatic hydroxyl groups is 1. The summed E-state index contributed by atoms with van der Waals surface area (Å²) in [6.07, 6.45) is 0.658. The van der Waals surface area contributed by atoms with Gasteiger partial charge in [-0.05, 0) is 31.5 Å². The van der Waals surface area contributed by atoms with E-state index in [2.05, 4.69) is 4.90 Å². The van der Waals surface area contributed by atoms with E-state index in [0.29, 0.717) is 42.9 Å². The summed E-state index contributed by atoms with van der Waals surface area (Å²) in [6, 6.07) is 1.70. The van der Waals surface area contributed by atoms with E-state index in [4.69, 9.17) is 13.9 Å². The van der Waals surface area contributed by atoms with Crippen molar-refractivity contribution >= 4 is 11.0 Å². The van der Waals surface area contributed by atoms with Gasteiger partial charge in [-0.25, -0.2) is 4.79 Å². The van der Waals surface area contributed by atoms with E-state index < -0.39 is 11.9 Å². The van der Waals surface area contributed by atoms with Gasteiger partial charge in [-0.1, -0.05) is 0 Å². The molecule has 0 unspecified atom stereocenters. The normalized spacial score (nSPS) is 19.3. The Labute approximate surface area is 144 Å². The highest BCUT2D eigenvalue weighted by Gasteiger charge is 2.29. The summed E-state index contributed by atoms with van der Waals surface area (Å²) in [5.74, 6) is -0.141. The minimum atomic E-state index is -0.810. The van der Waals surface area contributed by atoms with E-state index in [1.54, 1.807) is 6.07 Å². The van der Waals surface area contributed by atoms with Gasteiger partial charge < -0.3 is 29.0 Å². The quantitative estimate of drug-likeness (QED) is 0.794. The third kappa shape index (κ3) is 2.73. The van der Waals surface area contributed by atoms with Crippen LogP contribution in [-0.2, 0) is 29.0 Å². The number of benzene rings is 1. The zero-order valence-electron chi connectivity index (χ0n) is 14.1. The number of aliphatic hydroxyl groups is 1. The second-order valence-corrected chi connectivity index (χ2v) is 6.59. The summed E-state index contributed by atoms with van der Waals surface area (Å²) in [5, 5.41) is 21.0. The molecule has 4 rings (SSSR count). The van der Waals surface area contributed by atoms with Crippen LogP contribution in [0, 0.1) is 0 Å². The second-order valence-electron chi connectivity index (χ2n) is 6.59. The van der Waals surface area contributed by atoms with Crippen LogP contribution >= 0.6 is 0 Å². The lowest BCUT2D eigenvalue weighted by atomic mass is 9.94. The Bertz CT molecular complexity index is 868. The van der Waals surface area contributed by atoms with Gasteiger partial charge in [0.2, 0.25) is 0 Å². The van der Waals surface area contributed by atoms with Gasteiger partial charge in [0.1, 0.15) is 5.75 Å². The summed E-state index contributed by atoms with van der Waals surface area (Å²) < 4.78 is 16.8. The van der Waals surface area contributed by atoms with E-state index in [9.17, 15) is 15.0 Å². The van der Waals surface area contributed by atoms with Gasteiger partial charge in [-0.3, -0.25) is 0 Å². The van der Waals surface area contributed by atoms with E-state index in [1.807, 2.05) is 7.05 Å². The predicted octanol–water partition coefficient (Wildman–Crippen LogP) is 1.41. The number of likely N-dealkylation sites (N-methyl/N-ethyl adjacent to an activating group) is 1. The van der Waals surface area contributed by atoms with Crippen LogP contribution in [0.2, 0.25) is 0 Å². The van der Waals surface area contributed by atoms with Crippen molar-refractivity contribution in [1.29, 1.82) is 0 Å². The monoisotopic (exact) mass is 347 g/mol. The predicted molar refractivity (Wildman–Crippen MR) is 89.4 cm³/mol. The van der Waals surface area contributed by atoms with Crippen molar-refractivity contribution in [2.45, 2.75) is 32.3 Å². The standard InChI is InChI=1S/C18H21NO6/c1-19-4-3-11-12-7-10(9-20)15(21)14(18-23-5-2-6-24-18)16(12)25-17(22)13(11)8-19/h7,18,20-21H,2-6,8-9H2,1H3. The highest BCUT2D eigenvalue weighted by atomic mass is 16.7. The van der Waals surface area contributed by atoms with Crippen LogP contribution in [0.4, 0.5) is 0 Å². The first-order valence-electron chi connectivity index (χ1n) is 8.46. The zero-order chi connectivity index (χ0) is 17.6. The maximum Gasteiger partial charge on any atom is 0.341 e. The highest BCUT2D eigenvalue weighted by molar-refractivity contribution is 5.87. The van der Waals surface area contributed by atoms with Crippen LogP contribution in [-0.4, -0.2) is 41.9 Å². The number of nitrogens with zero attached hydrogens (tertiary/aromatic N) is 1. The van der Waals surface area contributed by atoms with Gasteiger partial charge in [0.05, 0.1) is 30.9 Å². The Morgan fingerprint density at radius 3 is 2.76 bits per heavy atom. The lowest BCUT2D eigenvalue weighted by Gasteiger charge is -2.28. The summed E-state index contributed by atoms with van der Waals surface area (Å²) in [4.78, 5) is 14.6. The van der Waals surface area contributed by atoms with E-state index >= 15 is 0 Å². The van der Waals surface area contributed by atoms with Gasteiger partial charge in [0.15, 0.2) is 11.9 Å². The molecular weight excluding hydrogens is 326 g/mol. The van der Waals surface area contributed by atoms with Crippen molar-refractivity contribution in [3.05, 3.63) is 38.7 Å². The van der Waals surface area contributed by atoms with Crippen LogP contribution in [0.1, 0.15) is 35.0 Å². The number of fused-ring (bicyclic) bond motifs is 3.